The van der Waals surface area contributed by atoms with Crippen molar-refractivity contribution in [1.82, 2.24) is 15.5 Å². The van der Waals surface area contributed by atoms with Gasteiger partial charge in [0.1, 0.15) is 23.9 Å². The summed E-state index contributed by atoms with van der Waals surface area (Å²) >= 11 is 0. The SMILES string of the molecule is CCCCCCCN(C(=O)CNC(=O)OC(C)(C)C)C(C(=O)NC(C)CCC)c1cccc(C)c1O. The minimum Gasteiger partial charge on any atom is -0.507 e. The van der Waals surface area contributed by atoms with Gasteiger partial charge in [-0.05, 0) is 53.0 Å². The fraction of sp³-hybridized carbons (Fsp3) is 0.679. The standard InChI is InChI=1S/C28H47N3O5/c1-8-10-11-12-13-18-31(23(32)19-29-27(35)36-28(5,6)7)24(26(34)30-21(4)15-9-2)22-17-14-16-20(3)25(22)33/h14,16-17,21,24,33H,8-13,15,18-19H2,1-7H3,(H,29,35)(H,30,34). The molecule has 0 bridgehead atoms. The quantitative estimate of drug-likeness (QED) is 0.295. The predicted molar refractivity (Wildman–Crippen MR) is 143 cm³/mol. The number of aryl methyl sites for hydroxylation is 1. The lowest BCUT2D eigenvalue weighted by Gasteiger charge is -2.33. The van der Waals surface area contributed by atoms with E-state index in [4.69, 9.17) is 4.74 Å². The van der Waals surface area contributed by atoms with Gasteiger partial charge >= 0.3 is 6.09 Å². The number of aromatic hydroxyl groups is 1. The zero-order chi connectivity index (χ0) is 27.3. The summed E-state index contributed by atoms with van der Waals surface area (Å²) in [5, 5.41) is 16.4. The van der Waals surface area contributed by atoms with Crippen LogP contribution < -0.4 is 10.6 Å². The number of carbonyl (C=O) groups is 3. The number of ether oxygens (including phenoxy) is 1. The zero-order valence-corrected chi connectivity index (χ0v) is 23.3. The van der Waals surface area contributed by atoms with Gasteiger partial charge < -0.3 is 25.4 Å². The average Bonchev–Trinajstić information content (AvgIpc) is 2.78. The molecule has 1 aromatic carbocycles. The first-order valence-electron chi connectivity index (χ1n) is 13.3. The number of nitrogens with one attached hydrogen (secondary N) is 2. The number of unbranched alkanes of at least 4 members (excludes halogenated alkanes) is 4. The molecule has 8 nitrogen and oxygen atoms in total. The summed E-state index contributed by atoms with van der Waals surface area (Å²) in [5.41, 5.74) is 0.293. The van der Waals surface area contributed by atoms with Crippen LogP contribution in [0.4, 0.5) is 4.79 Å². The molecule has 0 radical (unpaired) electrons. The van der Waals surface area contributed by atoms with Crippen molar-refractivity contribution in [3.05, 3.63) is 29.3 Å². The molecule has 0 aliphatic heterocycles. The van der Waals surface area contributed by atoms with Gasteiger partial charge in [-0.1, -0.05) is 64.2 Å². The van der Waals surface area contributed by atoms with Crippen molar-refractivity contribution in [1.29, 1.82) is 0 Å². The number of hydrogen-bond acceptors (Lipinski definition) is 5. The largest absolute Gasteiger partial charge is 0.507 e. The minimum absolute atomic E-state index is 0.00956. The second-order valence-corrected chi connectivity index (χ2v) is 10.5. The molecule has 0 fully saturated rings. The van der Waals surface area contributed by atoms with E-state index in [-0.39, 0.29) is 24.2 Å². The number of rotatable bonds is 14. The minimum atomic E-state index is -1.02. The highest BCUT2D eigenvalue weighted by Gasteiger charge is 2.34. The summed E-state index contributed by atoms with van der Waals surface area (Å²) in [6.07, 6.45) is 5.86. The number of amides is 3. The Morgan fingerprint density at radius 2 is 1.72 bits per heavy atom. The predicted octanol–water partition coefficient (Wildman–Crippen LogP) is 5.37. The Balaban J connectivity index is 3.28. The van der Waals surface area contributed by atoms with Gasteiger partial charge in [-0.15, -0.1) is 0 Å². The second-order valence-electron chi connectivity index (χ2n) is 10.5. The van der Waals surface area contributed by atoms with Crippen LogP contribution in [0.15, 0.2) is 18.2 Å². The van der Waals surface area contributed by atoms with E-state index in [1.165, 1.54) is 4.90 Å². The smallest absolute Gasteiger partial charge is 0.408 e. The van der Waals surface area contributed by atoms with E-state index < -0.39 is 23.6 Å². The molecule has 1 aromatic rings. The number of phenols is 1. The number of nitrogens with zero attached hydrogens (tertiary/aromatic N) is 1. The lowest BCUT2D eigenvalue weighted by Crippen LogP contribution is -2.49. The number of phenolic OH excluding ortho intramolecular Hbond substituents is 1. The van der Waals surface area contributed by atoms with Gasteiger partial charge in [0, 0.05) is 18.2 Å². The molecule has 8 heteroatoms. The summed E-state index contributed by atoms with van der Waals surface area (Å²) in [5.74, 6) is -0.777. The fourth-order valence-electron chi connectivity index (χ4n) is 4.03. The molecule has 0 spiro atoms. The van der Waals surface area contributed by atoms with Crippen molar-refractivity contribution in [2.75, 3.05) is 13.1 Å². The first-order chi connectivity index (χ1) is 16.9. The average molecular weight is 506 g/mol. The van der Waals surface area contributed by atoms with Crippen molar-refractivity contribution in [2.45, 2.75) is 111 Å². The zero-order valence-electron chi connectivity index (χ0n) is 23.3. The van der Waals surface area contributed by atoms with Crippen molar-refractivity contribution < 1.29 is 24.2 Å². The maximum absolute atomic E-state index is 13.6. The van der Waals surface area contributed by atoms with Crippen LogP contribution in [0.25, 0.3) is 0 Å². The second kappa shape index (κ2) is 15.4. The van der Waals surface area contributed by atoms with E-state index in [2.05, 4.69) is 17.6 Å². The molecule has 0 heterocycles. The van der Waals surface area contributed by atoms with Crippen LogP contribution in [0.5, 0.6) is 5.75 Å². The summed E-state index contributed by atoms with van der Waals surface area (Å²) in [6.45, 7) is 13.1. The van der Waals surface area contributed by atoms with E-state index >= 15 is 0 Å². The topological polar surface area (TPSA) is 108 Å². The third kappa shape index (κ3) is 10.9. The Bertz CT molecular complexity index is 850. The van der Waals surface area contributed by atoms with Crippen LogP contribution >= 0.6 is 0 Å². The van der Waals surface area contributed by atoms with E-state index in [0.717, 1.165) is 38.5 Å². The molecule has 0 aliphatic rings. The summed E-state index contributed by atoms with van der Waals surface area (Å²) < 4.78 is 5.26. The molecular formula is C28H47N3O5. The Morgan fingerprint density at radius 1 is 1.06 bits per heavy atom. The van der Waals surface area contributed by atoms with Gasteiger partial charge in [0.2, 0.25) is 11.8 Å². The van der Waals surface area contributed by atoms with Crippen molar-refractivity contribution in [2.24, 2.45) is 0 Å². The Hall–Kier alpha value is -2.77. The van der Waals surface area contributed by atoms with Crippen LogP contribution in [0.1, 0.15) is 104 Å². The molecule has 36 heavy (non-hydrogen) atoms. The molecule has 0 saturated carbocycles. The maximum atomic E-state index is 13.6. The van der Waals surface area contributed by atoms with Crippen molar-refractivity contribution >= 4 is 17.9 Å². The van der Waals surface area contributed by atoms with Crippen LogP contribution in [-0.2, 0) is 14.3 Å². The molecule has 1 rings (SSSR count). The molecule has 3 amide bonds. The normalized spacial score (nSPS) is 13.0. The highest BCUT2D eigenvalue weighted by molar-refractivity contribution is 5.91. The number of alkyl carbamates (subject to hydrolysis) is 1. The molecule has 0 saturated heterocycles. The van der Waals surface area contributed by atoms with E-state index in [0.29, 0.717) is 24.1 Å². The summed E-state index contributed by atoms with van der Waals surface area (Å²) in [4.78, 5) is 40.7. The number of para-hydroxylation sites is 1. The molecule has 0 aliphatic carbocycles. The highest BCUT2D eigenvalue weighted by Crippen LogP contribution is 2.32. The molecule has 3 N–H and O–H groups in total. The summed E-state index contributed by atoms with van der Waals surface area (Å²) in [7, 11) is 0. The van der Waals surface area contributed by atoms with Crippen LogP contribution in [0.2, 0.25) is 0 Å². The lowest BCUT2D eigenvalue weighted by atomic mass is 9.99. The lowest BCUT2D eigenvalue weighted by molar-refractivity contribution is -0.140. The van der Waals surface area contributed by atoms with E-state index in [9.17, 15) is 19.5 Å². The van der Waals surface area contributed by atoms with Gasteiger partial charge in [0.15, 0.2) is 0 Å². The van der Waals surface area contributed by atoms with Crippen molar-refractivity contribution in [3.8, 4) is 5.75 Å². The van der Waals surface area contributed by atoms with Crippen LogP contribution in [0, 0.1) is 6.92 Å². The Kier molecular flexibility index (Phi) is 13.3. The fourth-order valence-corrected chi connectivity index (χ4v) is 4.03. The third-order valence-corrected chi connectivity index (χ3v) is 5.84. The molecule has 204 valence electrons. The summed E-state index contributed by atoms with van der Waals surface area (Å²) in [6, 6.07) is 4.09. The van der Waals surface area contributed by atoms with Crippen LogP contribution in [0.3, 0.4) is 0 Å². The van der Waals surface area contributed by atoms with E-state index in [1.54, 1.807) is 45.9 Å². The van der Waals surface area contributed by atoms with Gasteiger partial charge in [-0.3, -0.25) is 9.59 Å². The maximum Gasteiger partial charge on any atom is 0.408 e. The van der Waals surface area contributed by atoms with Gasteiger partial charge in [0.25, 0.3) is 0 Å². The Morgan fingerprint density at radius 3 is 2.33 bits per heavy atom. The molecule has 0 aromatic heterocycles. The first-order valence-corrected chi connectivity index (χ1v) is 13.3. The first kappa shape index (κ1) is 31.3. The van der Waals surface area contributed by atoms with Crippen molar-refractivity contribution in [3.63, 3.8) is 0 Å². The van der Waals surface area contributed by atoms with Gasteiger partial charge in [-0.25, -0.2) is 4.79 Å². The Labute approximate surface area is 217 Å². The highest BCUT2D eigenvalue weighted by atomic mass is 16.6. The molecule has 2 atom stereocenters. The molecule has 2 unspecified atom stereocenters. The van der Waals surface area contributed by atoms with Gasteiger partial charge in [0.05, 0.1) is 0 Å². The monoisotopic (exact) mass is 505 g/mol. The third-order valence-electron chi connectivity index (χ3n) is 5.84. The number of carbonyl (C=O) groups excluding carboxylic acids is 3. The number of benzene rings is 1. The van der Waals surface area contributed by atoms with Crippen LogP contribution in [-0.4, -0.2) is 52.6 Å². The number of hydrogen-bond donors (Lipinski definition) is 3. The van der Waals surface area contributed by atoms with E-state index in [1.807, 2.05) is 13.8 Å². The molecular weight excluding hydrogens is 458 g/mol. The van der Waals surface area contributed by atoms with Gasteiger partial charge in [-0.2, -0.15) is 0 Å².